The Kier molecular flexibility index (Phi) is 4.81. The van der Waals surface area contributed by atoms with Gasteiger partial charge in [-0.15, -0.1) is 0 Å². The Balaban J connectivity index is 1.82. The van der Waals surface area contributed by atoms with Crippen LogP contribution >= 0.6 is 0 Å². The first-order valence-corrected chi connectivity index (χ1v) is 9.24. The van der Waals surface area contributed by atoms with Crippen molar-refractivity contribution in [1.29, 1.82) is 0 Å². The van der Waals surface area contributed by atoms with Gasteiger partial charge in [-0.05, 0) is 69.7 Å². The number of amides is 1. The Bertz CT molecular complexity index is 655. The normalized spacial score (nSPS) is 23.1. The van der Waals surface area contributed by atoms with Gasteiger partial charge in [0.25, 0.3) is 0 Å². The standard InChI is InChI=1S/C21H30N2O2/c1-21(2,3)25-20(24)23-18-7-6-8-19(23)14-16(13-18)15-9-11-17(12-10-15)22(4)5/h9-13,18-19H,6-8,14H2,1-5H3. The van der Waals surface area contributed by atoms with Crippen molar-refractivity contribution in [2.75, 3.05) is 19.0 Å². The minimum Gasteiger partial charge on any atom is -0.444 e. The molecule has 0 N–H and O–H groups in total. The zero-order valence-corrected chi connectivity index (χ0v) is 16.1. The van der Waals surface area contributed by atoms with Gasteiger partial charge >= 0.3 is 6.09 Å². The van der Waals surface area contributed by atoms with E-state index in [0.29, 0.717) is 0 Å². The molecule has 2 bridgehead atoms. The number of piperidine rings is 1. The number of anilines is 1. The van der Waals surface area contributed by atoms with Crippen LogP contribution in [0.5, 0.6) is 0 Å². The van der Waals surface area contributed by atoms with Gasteiger partial charge in [0.05, 0.1) is 6.04 Å². The fraction of sp³-hybridized carbons (Fsp3) is 0.571. The molecule has 0 saturated carbocycles. The predicted molar refractivity (Wildman–Crippen MR) is 103 cm³/mol. The van der Waals surface area contributed by atoms with Gasteiger partial charge < -0.3 is 9.64 Å². The van der Waals surface area contributed by atoms with Crippen molar-refractivity contribution in [2.45, 2.75) is 64.1 Å². The van der Waals surface area contributed by atoms with Crippen molar-refractivity contribution in [3.05, 3.63) is 35.9 Å². The van der Waals surface area contributed by atoms with Crippen LogP contribution in [0.4, 0.5) is 10.5 Å². The number of carbonyl (C=O) groups excluding carboxylic acids is 1. The van der Waals surface area contributed by atoms with Gasteiger partial charge in [0.1, 0.15) is 5.60 Å². The molecule has 4 nitrogen and oxygen atoms in total. The molecule has 1 saturated heterocycles. The SMILES string of the molecule is CN(C)c1ccc(C2=CC3CCCC(C2)N3C(=O)OC(C)(C)C)cc1. The summed E-state index contributed by atoms with van der Waals surface area (Å²) >= 11 is 0. The number of benzene rings is 1. The molecular formula is C21H30N2O2. The third-order valence-corrected chi connectivity index (χ3v) is 5.00. The first-order valence-electron chi connectivity index (χ1n) is 9.24. The lowest BCUT2D eigenvalue weighted by molar-refractivity contribution is 0.0000860. The molecule has 2 aliphatic heterocycles. The maximum atomic E-state index is 12.7. The molecular weight excluding hydrogens is 312 g/mol. The van der Waals surface area contributed by atoms with Crippen molar-refractivity contribution in [2.24, 2.45) is 0 Å². The van der Waals surface area contributed by atoms with E-state index in [1.54, 1.807) is 0 Å². The summed E-state index contributed by atoms with van der Waals surface area (Å²) in [6.07, 6.45) is 6.29. The van der Waals surface area contributed by atoms with Gasteiger partial charge in [-0.1, -0.05) is 18.2 Å². The Labute approximate surface area is 151 Å². The number of hydrogen-bond donors (Lipinski definition) is 0. The molecule has 1 aromatic carbocycles. The fourth-order valence-corrected chi connectivity index (χ4v) is 3.82. The topological polar surface area (TPSA) is 32.8 Å². The lowest BCUT2D eigenvalue weighted by atomic mass is 9.83. The second-order valence-corrected chi connectivity index (χ2v) is 8.38. The zero-order chi connectivity index (χ0) is 18.2. The summed E-state index contributed by atoms with van der Waals surface area (Å²) in [5, 5.41) is 0. The Morgan fingerprint density at radius 3 is 2.40 bits per heavy atom. The van der Waals surface area contributed by atoms with Gasteiger partial charge in [-0.3, -0.25) is 4.90 Å². The maximum Gasteiger partial charge on any atom is 0.411 e. The van der Waals surface area contributed by atoms with E-state index < -0.39 is 5.60 Å². The van der Waals surface area contributed by atoms with Crippen LogP contribution in [0.3, 0.4) is 0 Å². The van der Waals surface area contributed by atoms with Gasteiger partial charge in [-0.2, -0.15) is 0 Å². The largest absolute Gasteiger partial charge is 0.444 e. The van der Waals surface area contributed by atoms with Crippen molar-refractivity contribution >= 4 is 17.4 Å². The van der Waals surface area contributed by atoms with Crippen molar-refractivity contribution in [3.8, 4) is 0 Å². The Morgan fingerprint density at radius 1 is 1.16 bits per heavy atom. The summed E-state index contributed by atoms with van der Waals surface area (Å²) in [6.45, 7) is 5.79. The van der Waals surface area contributed by atoms with E-state index in [1.807, 2.05) is 25.7 Å². The number of ether oxygens (including phenoxy) is 1. The quantitative estimate of drug-likeness (QED) is 0.781. The molecule has 2 atom stereocenters. The molecule has 136 valence electrons. The summed E-state index contributed by atoms with van der Waals surface area (Å²) < 4.78 is 5.65. The minimum atomic E-state index is -0.447. The monoisotopic (exact) mass is 342 g/mol. The first-order chi connectivity index (χ1) is 11.7. The number of nitrogens with zero attached hydrogens (tertiary/aromatic N) is 2. The fourth-order valence-electron chi connectivity index (χ4n) is 3.82. The third-order valence-electron chi connectivity index (χ3n) is 5.00. The highest BCUT2D eigenvalue weighted by Gasteiger charge is 2.39. The van der Waals surface area contributed by atoms with E-state index in [4.69, 9.17) is 4.74 Å². The number of fused-ring (bicyclic) bond motifs is 2. The van der Waals surface area contributed by atoms with E-state index >= 15 is 0 Å². The van der Waals surface area contributed by atoms with Crippen LogP contribution in [0.25, 0.3) is 5.57 Å². The number of rotatable bonds is 2. The van der Waals surface area contributed by atoms with Crippen LogP contribution in [0, 0.1) is 0 Å². The zero-order valence-electron chi connectivity index (χ0n) is 16.1. The summed E-state index contributed by atoms with van der Waals surface area (Å²) in [5.41, 5.74) is 3.39. The average Bonchev–Trinajstić information content (AvgIpc) is 2.52. The molecule has 2 aliphatic rings. The summed E-state index contributed by atoms with van der Waals surface area (Å²) in [5.74, 6) is 0. The van der Waals surface area contributed by atoms with Crippen molar-refractivity contribution < 1.29 is 9.53 Å². The molecule has 4 heteroatoms. The Hall–Kier alpha value is -1.97. The molecule has 1 aromatic rings. The van der Waals surface area contributed by atoms with E-state index in [0.717, 1.165) is 19.3 Å². The third kappa shape index (κ3) is 4.00. The second-order valence-electron chi connectivity index (χ2n) is 8.38. The molecule has 3 rings (SSSR count). The molecule has 1 amide bonds. The molecule has 0 spiro atoms. The van der Waals surface area contributed by atoms with Crippen molar-refractivity contribution in [1.82, 2.24) is 4.90 Å². The molecule has 1 fully saturated rings. The lowest BCUT2D eigenvalue weighted by Gasteiger charge is -2.45. The molecule has 0 radical (unpaired) electrons. The maximum absolute atomic E-state index is 12.7. The van der Waals surface area contributed by atoms with Crippen LogP contribution in [0.2, 0.25) is 0 Å². The van der Waals surface area contributed by atoms with Crippen LogP contribution in [-0.4, -0.2) is 42.8 Å². The summed E-state index contributed by atoms with van der Waals surface area (Å²) in [4.78, 5) is 16.7. The summed E-state index contributed by atoms with van der Waals surface area (Å²) in [7, 11) is 4.11. The highest BCUT2D eigenvalue weighted by atomic mass is 16.6. The second kappa shape index (κ2) is 6.74. The van der Waals surface area contributed by atoms with E-state index in [-0.39, 0.29) is 18.2 Å². The Morgan fingerprint density at radius 2 is 1.84 bits per heavy atom. The number of hydrogen-bond acceptors (Lipinski definition) is 3. The van der Waals surface area contributed by atoms with Crippen LogP contribution in [-0.2, 0) is 4.74 Å². The number of carbonyl (C=O) groups is 1. The predicted octanol–water partition coefficient (Wildman–Crippen LogP) is 4.70. The summed E-state index contributed by atoms with van der Waals surface area (Å²) in [6, 6.07) is 9.12. The first kappa shape index (κ1) is 17.8. The molecule has 2 unspecified atom stereocenters. The highest BCUT2D eigenvalue weighted by molar-refractivity contribution is 5.75. The van der Waals surface area contributed by atoms with Crippen LogP contribution < -0.4 is 4.90 Å². The average molecular weight is 342 g/mol. The van der Waals surface area contributed by atoms with E-state index in [2.05, 4.69) is 49.3 Å². The van der Waals surface area contributed by atoms with E-state index in [1.165, 1.54) is 23.2 Å². The molecule has 0 aliphatic carbocycles. The van der Waals surface area contributed by atoms with E-state index in [9.17, 15) is 4.79 Å². The van der Waals surface area contributed by atoms with Gasteiger partial charge in [0.15, 0.2) is 0 Å². The lowest BCUT2D eigenvalue weighted by Crippen LogP contribution is -2.53. The minimum absolute atomic E-state index is 0.158. The molecule has 0 aromatic heterocycles. The van der Waals surface area contributed by atoms with Gasteiger partial charge in [-0.25, -0.2) is 4.79 Å². The highest BCUT2D eigenvalue weighted by Crippen LogP contribution is 2.38. The van der Waals surface area contributed by atoms with Crippen LogP contribution in [0.1, 0.15) is 52.0 Å². The molecule has 2 heterocycles. The van der Waals surface area contributed by atoms with Gasteiger partial charge in [0.2, 0.25) is 0 Å². The molecule has 25 heavy (non-hydrogen) atoms. The smallest absolute Gasteiger partial charge is 0.411 e. The van der Waals surface area contributed by atoms with Crippen LogP contribution in [0.15, 0.2) is 30.3 Å². The van der Waals surface area contributed by atoms with Gasteiger partial charge in [0, 0.05) is 25.8 Å². The van der Waals surface area contributed by atoms with Crippen molar-refractivity contribution in [3.63, 3.8) is 0 Å².